The molecule has 1 aliphatic rings. The van der Waals surface area contributed by atoms with E-state index >= 15 is 0 Å². The Kier molecular flexibility index (Phi) is 3.37. The minimum Gasteiger partial charge on any atom is -0.399 e. The van der Waals surface area contributed by atoms with E-state index in [-0.39, 0.29) is 4.90 Å². The van der Waals surface area contributed by atoms with Crippen molar-refractivity contribution in [2.45, 2.75) is 31.1 Å². The summed E-state index contributed by atoms with van der Waals surface area (Å²) in [7, 11) is -3.61. The molecule has 3 rings (SSSR count). The number of anilines is 2. The molecule has 0 amide bonds. The quantitative estimate of drug-likeness (QED) is 0.856. The Labute approximate surface area is 125 Å². The zero-order valence-electron chi connectivity index (χ0n) is 11.9. The number of rotatable bonds is 3. The molecular weight excluding hydrogens is 284 g/mol. The Morgan fingerprint density at radius 2 is 1.81 bits per heavy atom. The van der Waals surface area contributed by atoms with Crippen molar-refractivity contribution >= 4 is 21.4 Å². The van der Waals surface area contributed by atoms with Crippen molar-refractivity contribution < 1.29 is 8.42 Å². The van der Waals surface area contributed by atoms with Crippen LogP contribution in [0, 0.1) is 6.92 Å². The first-order chi connectivity index (χ1) is 9.95. The summed E-state index contributed by atoms with van der Waals surface area (Å²) in [5.41, 5.74) is 9.98. The van der Waals surface area contributed by atoms with Crippen LogP contribution in [0.5, 0.6) is 0 Å². The highest BCUT2D eigenvalue weighted by Crippen LogP contribution is 2.27. The van der Waals surface area contributed by atoms with E-state index in [0.29, 0.717) is 16.9 Å². The van der Waals surface area contributed by atoms with Gasteiger partial charge in [0.15, 0.2) is 0 Å². The lowest BCUT2D eigenvalue weighted by Crippen LogP contribution is -2.14. The van der Waals surface area contributed by atoms with Crippen LogP contribution in [0.4, 0.5) is 11.4 Å². The van der Waals surface area contributed by atoms with Gasteiger partial charge in [0.25, 0.3) is 10.0 Å². The summed E-state index contributed by atoms with van der Waals surface area (Å²) in [5.74, 6) is 0. The third-order valence-electron chi connectivity index (χ3n) is 3.85. The molecule has 0 bridgehead atoms. The van der Waals surface area contributed by atoms with Crippen molar-refractivity contribution in [1.82, 2.24) is 0 Å². The van der Waals surface area contributed by atoms with Crippen molar-refractivity contribution in [2.75, 3.05) is 10.5 Å². The van der Waals surface area contributed by atoms with Gasteiger partial charge < -0.3 is 5.73 Å². The molecule has 0 fully saturated rings. The Hall–Kier alpha value is -2.01. The Balaban J connectivity index is 1.94. The lowest BCUT2D eigenvalue weighted by atomic mass is 10.1. The Morgan fingerprint density at radius 1 is 1.05 bits per heavy atom. The van der Waals surface area contributed by atoms with Gasteiger partial charge in [0.05, 0.1) is 4.90 Å². The minimum absolute atomic E-state index is 0.225. The number of nitrogen functional groups attached to an aromatic ring is 1. The highest BCUT2D eigenvalue weighted by Gasteiger charge is 2.18. The molecule has 1 aliphatic carbocycles. The zero-order valence-corrected chi connectivity index (χ0v) is 12.7. The number of sulfonamides is 1. The van der Waals surface area contributed by atoms with Crippen LogP contribution in [-0.4, -0.2) is 8.42 Å². The molecule has 5 heteroatoms. The highest BCUT2D eigenvalue weighted by molar-refractivity contribution is 7.92. The van der Waals surface area contributed by atoms with E-state index in [1.807, 2.05) is 18.2 Å². The normalized spacial score (nSPS) is 14.0. The molecule has 2 aromatic carbocycles. The molecule has 0 aliphatic heterocycles. The largest absolute Gasteiger partial charge is 0.399 e. The van der Waals surface area contributed by atoms with Crippen molar-refractivity contribution in [3.8, 4) is 0 Å². The summed E-state index contributed by atoms with van der Waals surface area (Å²) in [6.07, 6.45) is 3.23. The first kappa shape index (κ1) is 13.9. The molecule has 0 radical (unpaired) electrons. The first-order valence-corrected chi connectivity index (χ1v) is 8.45. The average Bonchev–Trinajstić information content (AvgIpc) is 2.88. The van der Waals surface area contributed by atoms with Gasteiger partial charge in [-0.05, 0) is 67.1 Å². The van der Waals surface area contributed by atoms with E-state index in [0.717, 1.165) is 19.3 Å². The molecule has 0 saturated heterocycles. The van der Waals surface area contributed by atoms with E-state index in [1.165, 1.54) is 17.2 Å². The highest BCUT2D eigenvalue weighted by atomic mass is 32.2. The van der Waals surface area contributed by atoms with Crippen molar-refractivity contribution in [1.29, 1.82) is 0 Å². The fourth-order valence-corrected chi connectivity index (χ4v) is 4.08. The topological polar surface area (TPSA) is 72.2 Å². The second-order valence-electron chi connectivity index (χ2n) is 5.47. The molecule has 0 aromatic heterocycles. The fourth-order valence-electron chi connectivity index (χ4n) is 2.75. The van der Waals surface area contributed by atoms with E-state index in [1.54, 1.807) is 19.1 Å². The number of fused-ring (bicyclic) bond motifs is 1. The van der Waals surface area contributed by atoms with Gasteiger partial charge in [-0.1, -0.05) is 12.1 Å². The molecular formula is C16H18N2O2S. The van der Waals surface area contributed by atoms with Gasteiger partial charge in [-0.15, -0.1) is 0 Å². The van der Waals surface area contributed by atoms with Gasteiger partial charge in [0.1, 0.15) is 0 Å². The van der Waals surface area contributed by atoms with Crippen LogP contribution in [0.1, 0.15) is 23.1 Å². The minimum atomic E-state index is -3.61. The molecule has 0 spiro atoms. The molecule has 110 valence electrons. The van der Waals surface area contributed by atoms with E-state index in [9.17, 15) is 8.42 Å². The van der Waals surface area contributed by atoms with Crippen LogP contribution in [0.25, 0.3) is 0 Å². The molecule has 2 aromatic rings. The molecule has 4 nitrogen and oxygen atoms in total. The number of nitrogens with two attached hydrogens (primary N) is 1. The van der Waals surface area contributed by atoms with Gasteiger partial charge in [0, 0.05) is 11.4 Å². The van der Waals surface area contributed by atoms with Crippen LogP contribution in [0.3, 0.4) is 0 Å². The van der Waals surface area contributed by atoms with Crippen molar-refractivity contribution in [2.24, 2.45) is 0 Å². The summed E-state index contributed by atoms with van der Waals surface area (Å²) < 4.78 is 27.7. The molecule has 0 saturated carbocycles. The maximum Gasteiger partial charge on any atom is 0.262 e. The van der Waals surface area contributed by atoms with Crippen LogP contribution >= 0.6 is 0 Å². The fraction of sp³-hybridized carbons (Fsp3) is 0.250. The van der Waals surface area contributed by atoms with Crippen LogP contribution in [-0.2, 0) is 22.9 Å². The SMILES string of the molecule is Cc1ccc(N)cc1S(=O)(=O)Nc1ccc2c(c1)CCC2. The van der Waals surface area contributed by atoms with Gasteiger partial charge in [-0.25, -0.2) is 8.42 Å². The van der Waals surface area contributed by atoms with Gasteiger partial charge in [-0.3, -0.25) is 4.72 Å². The van der Waals surface area contributed by atoms with Crippen molar-refractivity contribution in [3.05, 3.63) is 53.1 Å². The monoisotopic (exact) mass is 302 g/mol. The van der Waals surface area contributed by atoms with Gasteiger partial charge in [0.2, 0.25) is 0 Å². The smallest absolute Gasteiger partial charge is 0.262 e. The molecule has 21 heavy (non-hydrogen) atoms. The maximum atomic E-state index is 12.5. The van der Waals surface area contributed by atoms with Crippen molar-refractivity contribution in [3.63, 3.8) is 0 Å². The van der Waals surface area contributed by atoms with Gasteiger partial charge >= 0.3 is 0 Å². The van der Waals surface area contributed by atoms with E-state index in [2.05, 4.69) is 4.72 Å². The molecule has 0 atom stereocenters. The number of nitrogens with one attached hydrogen (secondary N) is 1. The maximum absolute atomic E-state index is 12.5. The lowest BCUT2D eigenvalue weighted by Gasteiger charge is -2.12. The summed E-state index contributed by atoms with van der Waals surface area (Å²) in [4.78, 5) is 0.225. The Bertz CT molecular complexity index is 798. The molecule has 3 N–H and O–H groups in total. The lowest BCUT2D eigenvalue weighted by molar-refractivity contribution is 0.600. The standard InChI is InChI=1S/C16H18N2O2S/c1-11-5-7-14(17)10-16(11)21(19,20)18-15-8-6-12-3-2-4-13(12)9-15/h5-10,18H,2-4,17H2,1H3. The third kappa shape index (κ3) is 2.74. The predicted molar refractivity (Wildman–Crippen MR) is 84.9 cm³/mol. The summed E-state index contributed by atoms with van der Waals surface area (Å²) in [6, 6.07) is 10.7. The van der Waals surface area contributed by atoms with Gasteiger partial charge in [-0.2, -0.15) is 0 Å². The third-order valence-corrected chi connectivity index (χ3v) is 5.38. The number of aryl methyl sites for hydroxylation is 3. The summed E-state index contributed by atoms with van der Waals surface area (Å²) >= 11 is 0. The predicted octanol–water partition coefficient (Wildman–Crippen LogP) is 2.87. The van der Waals surface area contributed by atoms with Crippen LogP contribution in [0.15, 0.2) is 41.3 Å². The number of hydrogen-bond acceptors (Lipinski definition) is 3. The molecule has 0 unspecified atom stereocenters. The van der Waals surface area contributed by atoms with E-state index in [4.69, 9.17) is 5.73 Å². The number of hydrogen-bond donors (Lipinski definition) is 2. The van der Waals surface area contributed by atoms with Crippen LogP contribution in [0.2, 0.25) is 0 Å². The first-order valence-electron chi connectivity index (χ1n) is 6.96. The van der Waals surface area contributed by atoms with E-state index < -0.39 is 10.0 Å². The second kappa shape index (κ2) is 5.07. The summed E-state index contributed by atoms with van der Waals surface area (Å²) in [5, 5.41) is 0. The second-order valence-corrected chi connectivity index (χ2v) is 7.12. The molecule has 0 heterocycles. The Morgan fingerprint density at radius 3 is 2.62 bits per heavy atom. The summed E-state index contributed by atoms with van der Waals surface area (Å²) in [6.45, 7) is 1.76. The number of benzene rings is 2. The average molecular weight is 302 g/mol. The van der Waals surface area contributed by atoms with Crippen LogP contribution < -0.4 is 10.5 Å². The zero-order chi connectivity index (χ0) is 15.0.